The van der Waals surface area contributed by atoms with E-state index in [4.69, 9.17) is 5.14 Å². The third kappa shape index (κ3) is 1.54. The first-order chi connectivity index (χ1) is 6.20. The van der Waals surface area contributed by atoms with Crippen molar-refractivity contribution in [1.82, 2.24) is 0 Å². The fourth-order valence-electron chi connectivity index (χ4n) is 1.82. The Balaban J connectivity index is 2.44. The van der Waals surface area contributed by atoms with Crippen molar-refractivity contribution >= 4 is 17.6 Å². The Hall–Kier alpha value is -0.670. The number of aryl methyl sites for hydroxylation is 1. The number of benzene rings is 1. The van der Waals surface area contributed by atoms with Gasteiger partial charge in [0.15, 0.2) is 0 Å². The van der Waals surface area contributed by atoms with Gasteiger partial charge in [0.2, 0.25) is 0 Å². The zero-order valence-corrected chi connectivity index (χ0v) is 8.74. The molecule has 1 atom stereocenters. The van der Waals surface area contributed by atoms with Crippen LogP contribution in [0.15, 0.2) is 17.0 Å². The van der Waals surface area contributed by atoms with E-state index in [1.807, 2.05) is 0 Å². The number of hydrogen-bond acceptors (Lipinski definition) is 3. The lowest BCUT2D eigenvalue weighted by atomic mass is 10.1. The van der Waals surface area contributed by atoms with Crippen LogP contribution in [0.3, 0.4) is 0 Å². The summed E-state index contributed by atoms with van der Waals surface area (Å²) in [6.45, 7) is 4.31. The van der Waals surface area contributed by atoms with E-state index in [9.17, 15) is 0 Å². The molecule has 0 saturated carbocycles. The molecule has 1 unspecified atom stereocenters. The Morgan fingerprint density at radius 2 is 2.31 bits per heavy atom. The summed E-state index contributed by atoms with van der Waals surface area (Å²) in [4.78, 5) is 1.17. The second-order valence-corrected chi connectivity index (χ2v) is 4.32. The molecule has 13 heavy (non-hydrogen) atoms. The summed E-state index contributed by atoms with van der Waals surface area (Å²) in [7, 11) is 0. The number of nitrogens with two attached hydrogens (primary N) is 1. The van der Waals surface area contributed by atoms with Crippen molar-refractivity contribution in [2.24, 2.45) is 5.14 Å². The average Bonchev–Trinajstić information content (AvgIpc) is 2.42. The van der Waals surface area contributed by atoms with Crippen LogP contribution in [0.4, 0.5) is 5.69 Å². The summed E-state index contributed by atoms with van der Waals surface area (Å²) in [5.74, 6) is 0. The first-order valence-corrected chi connectivity index (χ1v) is 5.35. The van der Waals surface area contributed by atoms with Crippen molar-refractivity contribution in [1.29, 1.82) is 0 Å². The molecule has 0 saturated heterocycles. The highest BCUT2D eigenvalue weighted by molar-refractivity contribution is 7.97. The van der Waals surface area contributed by atoms with Crippen LogP contribution in [0.25, 0.3) is 0 Å². The maximum Gasteiger partial charge on any atom is 0.0387 e. The van der Waals surface area contributed by atoms with E-state index in [0.29, 0.717) is 6.04 Å². The van der Waals surface area contributed by atoms with Gasteiger partial charge >= 0.3 is 0 Å². The third-order valence-corrected chi connectivity index (χ3v) is 3.15. The van der Waals surface area contributed by atoms with Gasteiger partial charge in [0.25, 0.3) is 0 Å². The lowest BCUT2D eigenvalue weighted by Gasteiger charge is -2.06. The quantitative estimate of drug-likeness (QED) is 0.674. The number of nitrogens with one attached hydrogen (secondary N) is 1. The summed E-state index contributed by atoms with van der Waals surface area (Å²) in [5, 5.41) is 9.00. The molecule has 0 aromatic heterocycles. The number of rotatable bonds is 1. The molecule has 0 spiro atoms. The minimum atomic E-state index is 0.562. The van der Waals surface area contributed by atoms with Crippen LogP contribution < -0.4 is 10.5 Å². The molecule has 3 heteroatoms. The molecule has 2 rings (SSSR count). The van der Waals surface area contributed by atoms with Gasteiger partial charge in [0.05, 0.1) is 0 Å². The maximum absolute atomic E-state index is 5.57. The highest BCUT2D eigenvalue weighted by Gasteiger charge is 2.17. The SMILES string of the molecule is Cc1cc2c(cc1SN)NC(C)C2. The van der Waals surface area contributed by atoms with Crippen LogP contribution in [-0.4, -0.2) is 6.04 Å². The predicted octanol–water partition coefficient (Wildman–Crippen LogP) is 2.32. The largest absolute Gasteiger partial charge is 0.382 e. The molecule has 0 radical (unpaired) electrons. The van der Waals surface area contributed by atoms with Gasteiger partial charge < -0.3 is 5.32 Å². The molecule has 1 heterocycles. The molecule has 2 nitrogen and oxygen atoms in total. The molecule has 70 valence electrons. The predicted molar refractivity (Wildman–Crippen MR) is 58.0 cm³/mol. The van der Waals surface area contributed by atoms with E-state index in [1.54, 1.807) is 0 Å². The van der Waals surface area contributed by atoms with E-state index < -0.39 is 0 Å². The molecule has 0 fully saturated rings. The fourth-order valence-corrected chi connectivity index (χ4v) is 2.26. The van der Waals surface area contributed by atoms with Crippen molar-refractivity contribution in [3.05, 3.63) is 23.3 Å². The molecule has 3 N–H and O–H groups in total. The first kappa shape index (κ1) is 8.91. The molecule has 0 amide bonds. The summed E-state index contributed by atoms with van der Waals surface area (Å²) < 4.78 is 0. The van der Waals surface area contributed by atoms with E-state index >= 15 is 0 Å². The number of anilines is 1. The maximum atomic E-state index is 5.57. The fraction of sp³-hybridized carbons (Fsp3) is 0.400. The van der Waals surface area contributed by atoms with E-state index in [0.717, 1.165) is 6.42 Å². The Kier molecular flexibility index (Phi) is 2.22. The lowest BCUT2D eigenvalue weighted by Crippen LogP contribution is -2.08. The zero-order chi connectivity index (χ0) is 9.42. The Morgan fingerprint density at radius 3 is 3.00 bits per heavy atom. The van der Waals surface area contributed by atoms with Gasteiger partial charge in [0, 0.05) is 16.6 Å². The van der Waals surface area contributed by atoms with Crippen LogP contribution in [0.1, 0.15) is 18.1 Å². The second kappa shape index (κ2) is 3.24. The smallest absolute Gasteiger partial charge is 0.0387 e. The minimum Gasteiger partial charge on any atom is -0.382 e. The molecule has 0 bridgehead atoms. The Morgan fingerprint density at radius 1 is 1.54 bits per heavy atom. The van der Waals surface area contributed by atoms with Crippen molar-refractivity contribution in [2.75, 3.05) is 5.32 Å². The lowest BCUT2D eigenvalue weighted by molar-refractivity contribution is 0.839. The van der Waals surface area contributed by atoms with Gasteiger partial charge in [-0.15, -0.1) is 0 Å². The summed E-state index contributed by atoms with van der Waals surface area (Å²) in [6.07, 6.45) is 1.13. The van der Waals surface area contributed by atoms with Crippen molar-refractivity contribution in [3.8, 4) is 0 Å². The topological polar surface area (TPSA) is 38.0 Å². The Labute approximate surface area is 83.0 Å². The monoisotopic (exact) mass is 194 g/mol. The van der Waals surface area contributed by atoms with Crippen LogP contribution in [0, 0.1) is 6.92 Å². The molecule has 1 aliphatic heterocycles. The van der Waals surface area contributed by atoms with Crippen LogP contribution in [-0.2, 0) is 6.42 Å². The normalized spacial score (nSPS) is 19.8. The zero-order valence-electron chi connectivity index (χ0n) is 7.92. The molecule has 1 aliphatic rings. The minimum absolute atomic E-state index is 0.562. The van der Waals surface area contributed by atoms with Gasteiger partial charge in [-0.05, 0) is 49.4 Å². The van der Waals surface area contributed by atoms with Crippen molar-refractivity contribution in [3.63, 3.8) is 0 Å². The van der Waals surface area contributed by atoms with Crippen LogP contribution in [0.2, 0.25) is 0 Å². The second-order valence-electron chi connectivity index (χ2n) is 3.64. The molecule has 1 aromatic rings. The van der Waals surface area contributed by atoms with Crippen LogP contribution in [0.5, 0.6) is 0 Å². The molecular formula is C10H14N2S. The number of hydrogen-bond donors (Lipinski definition) is 2. The summed E-state index contributed by atoms with van der Waals surface area (Å²) in [5.41, 5.74) is 3.95. The summed E-state index contributed by atoms with van der Waals surface area (Å²) >= 11 is 1.32. The first-order valence-electron chi connectivity index (χ1n) is 4.47. The van der Waals surface area contributed by atoms with Gasteiger partial charge in [-0.2, -0.15) is 0 Å². The highest BCUT2D eigenvalue weighted by Crippen LogP contribution is 2.31. The highest BCUT2D eigenvalue weighted by atomic mass is 32.2. The third-order valence-electron chi connectivity index (χ3n) is 2.46. The van der Waals surface area contributed by atoms with Gasteiger partial charge in [-0.1, -0.05) is 6.07 Å². The molecular weight excluding hydrogens is 180 g/mol. The average molecular weight is 194 g/mol. The van der Waals surface area contributed by atoms with Gasteiger partial charge in [0.1, 0.15) is 0 Å². The van der Waals surface area contributed by atoms with E-state index in [2.05, 4.69) is 31.3 Å². The van der Waals surface area contributed by atoms with Crippen molar-refractivity contribution < 1.29 is 0 Å². The van der Waals surface area contributed by atoms with E-state index in [1.165, 1.54) is 33.7 Å². The number of fused-ring (bicyclic) bond motifs is 1. The molecule has 1 aromatic carbocycles. The van der Waals surface area contributed by atoms with Crippen LogP contribution >= 0.6 is 11.9 Å². The van der Waals surface area contributed by atoms with E-state index in [-0.39, 0.29) is 0 Å². The summed E-state index contributed by atoms with van der Waals surface area (Å²) in [6, 6.07) is 4.95. The van der Waals surface area contributed by atoms with Crippen molar-refractivity contribution in [2.45, 2.75) is 31.2 Å². The standard InChI is InChI=1S/C10H14N2S/c1-6-3-8-4-7(2)12-9(8)5-10(6)13-11/h3,5,7,12H,4,11H2,1-2H3. The molecule has 0 aliphatic carbocycles. The Bertz CT molecular complexity index is 336. The van der Waals surface area contributed by atoms with Gasteiger partial charge in [-0.3, -0.25) is 5.14 Å². The van der Waals surface area contributed by atoms with Gasteiger partial charge in [-0.25, -0.2) is 0 Å².